The maximum absolute atomic E-state index is 13.8. The van der Waals surface area contributed by atoms with Gasteiger partial charge in [-0.1, -0.05) is 0 Å². The standard InChI is InChI=1S/C11H11F3O4/c1-3-17-9-5(11(15)16)6(12)7(13)10(8(9)14)18-4-2/h3-4H2,1-2H3,(H,15,16). The number of carboxylic acids is 1. The van der Waals surface area contributed by atoms with Gasteiger partial charge in [0.05, 0.1) is 13.2 Å². The summed E-state index contributed by atoms with van der Waals surface area (Å²) in [5.41, 5.74) is -1.18. The summed E-state index contributed by atoms with van der Waals surface area (Å²) in [5, 5.41) is 8.75. The number of aromatic carboxylic acids is 1. The van der Waals surface area contributed by atoms with Crippen LogP contribution in [0.1, 0.15) is 24.2 Å². The lowest BCUT2D eigenvalue weighted by Crippen LogP contribution is -2.12. The number of ether oxygens (including phenoxy) is 2. The highest BCUT2D eigenvalue weighted by Gasteiger charge is 2.30. The quantitative estimate of drug-likeness (QED) is 0.830. The molecule has 0 bridgehead atoms. The number of rotatable bonds is 5. The van der Waals surface area contributed by atoms with Gasteiger partial charge in [0.1, 0.15) is 5.56 Å². The molecule has 0 atom stereocenters. The van der Waals surface area contributed by atoms with Gasteiger partial charge in [-0.25, -0.2) is 9.18 Å². The summed E-state index contributed by atoms with van der Waals surface area (Å²) in [6.07, 6.45) is 0. The van der Waals surface area contributed by atoms with E-state index >= 15 is 0 Å². The molecule has 100 valence electrons. The highest BCUT2D eigenvalue weighted by Crippen LogP contribution is 2.36. The number of carbonyl (C=O) groups is 1. The van der Waals surface area contributed by atoms with Crippen LogP contribution in [0.5, 0.6) is 11.5 Å². The Bertz CT molecular complexity index is 474. The first-order chi connectivity index (χ1) is 8.45. The highest BCUT2D eigenvalue weighted by molar-refractivity contribution is 5.91. The zero-order valence-corrected chi connectivity index (χ0v) is 9.72. The number of benzene rings is 1. The summed E-state index contributed by atoms with van der Waals surface area (Å²) < 4.78 is 50.1. The maximum Gasteiger partial charge on any atom is 0.342 e. The lowest BCUT2D eigenvalue weighted by Gasteiger charge is -2.14. The molecule has 0 amide bonds. The predicted octanol–water partition coefficient (Wildman–Crippen LogP) is 2.60. The highest BCUT2D eigenvalue weighted by atomic mass is 19.2. The largest absolute Gasteiger partial charge is 0.490 e. The molecule has 1 rings (SSSR count). The Morgan fingerprint density at radius 1 is 1.00 bits per heavy atom. The van der Waals surface area contributed by atoms with Gasteiger partial charge < -0.3 is 14.6 Å². The van der Waals surface area contributed by atoms with E-state index in [0.29, 0.717) is 0 Å². The summed E-state index contributed by atoms with van der Waals surface area (Å²) in [6.45, 7) is 2.69. The second kappa shape index (κ2) is 5.61. The van der Waals surface area contributed by atoms with Gasteiger partial charge in [-0.3, -0.25) is 0 Å². The monoisotopic (exact) mass is 264 g/mol. The smallest absolute Gasteiger partial charge is 0.342 e. The maximum atomic E-state index is 13.8. The van der Waals surface area contributed by atoms with Gasteiger partial charge in [-0.15, -0.1) is 0 Å². The second-order valence-corrected chi connectivity index (χ2v) is 3.15. The van der Waals surface area contributed by atoms with E-state index in [1.54, 1.807) is 0 Å². The molecular formula is C11H11F3O4. The van der Waals surface area contributed by atoms with Crippen LogP contribution in [-0.4, -0.2) is 24.3 Å². The molecular weight excluding hydrogens is 253 g/mol. The molecule has 0 spiro atoms. The van der Waals surface area contributed by atoms with Crippen LogP contribution in [0.4, 0.5) is 13.2 Å². The third kappa shape index (κ3) is 2.34. The van der Waals surface area contributed by atoms with Crippen molar-refractivity contribution in [1.82, 2.24) is 0 Å². The summed E-state index contributed by atoms with van der Waals surface area (Å²) >= 11 is 0. The zero-order chi connectivity index (χ0) is 13.9. The molecule has 4 nitrogen and oxygen atoms in total. The predicted molar refractivity (Wildman–Crippen MR) is 55.6 cm³/mol. The van der Waals surface area contributed by atoms with Crippen LogP contribution in [0.3, 0.4) is 0 Å². The van der Waals surface area contributed by atoms with Gasteiger partial charge in [0.25, 0.3) is 0 Å². The summed E-state index contributed by atoms with van der Waals surface area (Å²) in [6, 6.07) is 0. The lowest BCUT2D eigenvalue weighted by molar-refractivity contribution is 0.0683. The molecule has 0 saturated heterocycles. The van der Waals surface area contributed by atoms with E-state index in [1.807, 2.05) is 0 Å². The molecule has 0 fully saturated rings. The van der Waals surface area contributed by atoms with Crippen molar-refractivity contribution in [3.63, 3.8) is 0 Å². The lowest BCUT2D eigenvalue weighted by atomic mass is 10.1. The molecule has 18 heavy (non-hydrogen) atoms. The van der Waals surface area contributed by atoms with Crippen LogP contribution >= 0.6 is 0 Å². The van der Waals surface area contributed by atoms with E-state index in [1.165, 1.54) is 13.8 Å². The van der Waals surface area contributed by atoms with Gasteiger partial charge in [0, 0.05) is 0 Å². The number of halogens is 3. The first-order valence-electron chi connectivity index (χ1n) is 5.14. The van der Waals surface area contributed by atoms with Gasteiger partial charge >= 0.3 is 5.97 Å². The normalized spacial score (nSPS) is 10.3. The SMILES string of the molecule is CCOc1c(F)c(F)c(C(=O)O)c(OCC)c1F. The summed E-state index contributed by atoms with van der Waals surface area (Å²) in [7, 11) is 0. The number of carboxylic acid groups (broad SMARTS) is 1. The summed E-state index contributed by atoms with van der Waals surface area (Å²) in [4.78, 5) is 10.8. The fourth-order valence-corrected chi connectivity index (χ4v) is 1.36. The van der Waals surface area contributed by atoms with Crippen molar-refractivity contribution < 1.29 is 32.5 Å². The second-order valence-electron chi connectivity index (χ2n) is 3.15. The topological polar surface area (TPSA) is 55.8 Å². The molecule has 1 N–H and O–H groups in total. The third-order valence-corrected chi connectivity index (χ3v) is 2.03. The van der Waals surface area contributed by atoms with Crippen LogP contribution in [-0.2, 0) is 0 Å². The average molecular weight is 264 g/mol. The molecule has 0 aliphatic heterocycles. The Hall–Kier alpha value is -1.92. The Kier molecular flexibility index (Phi) is 4.41. The molecule has 1 aromatic rings. The first-order valence-corrected chi connectivity index (χ1v) is 5.14. The van der Waals surface area contributed by atoms with Crippen LogP contribution in [0.25, 0.3) is 0 Å². The minimum atomic E-state index is -1.82. The van der Waals surface area contributed by atoms with Crippen LogP contribution in [0.15, 0.2) is 0 Å². The third-order valence-electron chi connectivity index (χ3n) is 2.03. The Balaban J connectivity index is 3.58. The molecule has 0 saturated carbocycles. The van der Waals surface area contributed by atoms with Crippen molar-refractivity contribution in [3.8, 4) is 11.5 Å². The fraction of sp³-hybridized carbons (Fsp3) is 0.364. The fourth-order valence-electron chi connectivity index (χ4n) is 1.36. The Morgan fingerprint density at radius 2 is 1.50 bits per heavy atom. The summed E-state index contributed by atoms with van der Waals surface area (Å²) in [5.74, 6) is -8.44. The van der Waals surface area contributed by atoms with Crippen LogP contribution in [0, 0.1) is 17.5 Å². The van der Waals surface area contributed by atoms with E-state index in [-0.39, 0.29) is 13.2 Å². The molecule has 0 aromatic heterocycles. The first kappa shape index (κ1) is 14.1. The van der Waals surface area contributed by atoms with Gasteiger partial charge in [-0.05, 0) is 13.8 Å². The minimum absolute atomic E-state index is 0.103. The van der Waals surface area contributed by atoms with Crippen molar-refractivity contribution in [2.45, 2.75) is 13.8 Å². The number of hydrogen-bond acceptors (Lipinski definition) is 3. The molecule has 7 heteroatoms. The minimum Gasteiger partial charge on any atom is -0.490 e. The van der Waals surface area contributed by atoms with E-state index in [2.05, 4.69) is 4.74 Å². The molecule has 0 radical (unpaired) electrons. The van der Waals surface area contributed by atoms with Crippen molar-refractivity contribution in [1.29, 1.82) is 0 Å². The van der Waals surface area contributed by atoms with Crippen molar-refractivity contribution in [3.05, 3.63) is 23.0 Å². The molecule has 0 aliphatic rings. The number of hydrogen-bond donors (Lipinski definition) is 1. The van der Waals surface area contributed by atoms with Gasteiger partial charge in [-0.2, -0.15) is 8.78 Å². The van der Waals surface area contributed by atoms with E-state index in [0.717, 1.165) is 0 Å². The van der Waals surface area contributed by atoms with Crippen molar-refractivity contribution >= 4 is 5.97 Å². The van der Waals surface area contributed by atoms with E-state index < -0.39 is 40.5 Å². The average Bonchev–Trinajstić information content (AvgIpc) is 2.31. The van der Waals surface area contributed by atoms with E-state index in [4.69, 9.17) is 9.84 Å². The zero-order valence-electron chi connectivity index (χ0n) is 9.72. The molecule has 0 heterocycles. The van der Waals surface area contributed by atoms with Crippen molar-refractivity contribution in [2.75, 3.05) is 13.2 Å². The molecule has 1 aromatic carbocycles. The van der Waals surface area contributed by atoms with E-state index in [9.17, 15) is 18.0 Å². The molecule has 0 unspecified atom stereocenters. The molecule has 0 aliphatic carbocycles. The Labute approximate surface area is 101 Å². The Morgan fingerprint density at radius 3 is 1.94 bits per heavy atom. The van der Waals surface area contributed by atoms with Crippen LogP contribution in [0.2, 0.25) is 0 Å². The van der Waals surface area contributed by atoms with Gasteiger partial charge in [0.2, 0.25) is 11.6 Å². The van der Waals surface area contributed by atoms with Crippen LogP contribution < -0.4 is 9.47 Å². The van der Waals surface area contributed by atoms with Gasteiger partial charge in [0.15, 0.2) is 17.3 Å². The van der Waals surface area contributed by atoms with Crippen molar-refractivity contribution in [2.24, 2.45) is 0 Å².